The highest BCUT2D eigenvalue weighted by atomic mass is 35.5. The van der Waals surface area contributed by atoms with Crippen molar-refractivity contribution in [3.05, 3.63) is 29.1 Å². The van der Waals surface area contributed by atoms with E-state index in [4.69, 9.17) is 11.6 Å². The number of hydrogen-bond donors (Lipinski definition) is 1. The van der Waals surface area contributed by atoms with Crippen LogP contribution < -0.4 is 0 Å². The van der Waals surface area contributed by atoms with Gasteiger partial charge in [-0.1, -0.05) is 18.5 Å². The molecular formula is C11H11ClN6. The van der Waals surface area contributed by atoms with Gasteiger partial charge in [-0.25, -0.2) is 19.6 Å². The maximum Gasteiger partial charge on any atom is 0.184 e. The summed E-state index contributed by atoms with van der Waals surface area (Å²) < 4.78 is 1.62. The minimum absolute atomic E-state index is 0.571. The number of fused-ring (bicyclic) bond motifs is 1. The minimum Gasteiger partial charge on any atom is -0.340 e. The lowest BCUT2D eigenvalue weighted by Crippen LogP contribution is -2.02. The summed E-state index contributed by atoms with van der Waals surface area (Å²) in [5.41, 5.74) is 3.27. The van der Waals surface area contributed by atoms with Gasteiger partial charge in [-0.05, 0) is 13.3 Å². The fourth-order valence-electron chi connectivity index (χ4n) is 1.91. The van der Waals surface area contributed by atoms with Crippen molar-refractivity contribution in [2.24, 2.45) is 0 Å². The van der Waals surface area contributed by atoms with E-state index in [0.717, 1.165) is 23.2 Å². The highest BCUT2D eigenvalue weighted by Crippen LogP contribution is 2.24. The molecule has 0 atom stereocenters. The molecule has 6 nitrogen and oxygen atoms in total. The first-order valence-electron chi connectivity index (χ1n) is 5.60. The summed E-state index contributed by atoms with van der Waals surface area (Å²) in [6.45, 7) is 4.00. The summed E-state index contributed by atoms with van der Waals surface area (Å²) in [4.78, 5) is 15.4. The number of imidazole rings is 1. The molecule has 92 valence electrons. The standard InChI is InChI=1S/C11H11ClN6/c1-3-7-6(2)9(12)18(17-7)11-8-10(14-4-13-8)15-5-16-11/h4-5H,3H2,1-2H3,(H,13,14,15,16). The highest BCUT2D eigenvalue weighted by Gasteiger charge is 2.16. The Morgan fingerprint density at radius 3 is 2.89 bits per heavy atom. The zero-order valence-corrected chi connectivity index (χ0v) is 10.7. The van der Waals surface area contributed by atoms with Gasteiger partial charge in [-0.15, -0.1) is 0 Å². The lowest BCUT2D eigenvalue weighted by Gasteiger charge is -2.02. The van der Waals surface area contributed by atoms with Gasteiger partial charge in [0.25, 0.3) is 0 Å². The Kier molecular flexibility index (Phi) is 2.52. The van der Waals surface area contributed by atoms with Gasteiger partial charge in [-0.2, -0.15) is 5.10 Å². The molecule has 3 heterocycles. The molecule has 3 aromatic heterocycles. The van der Waals surface area contributed by atoms with Crippen LogP contribution in [0.25, 0.3) is 17.0 Å². The molecule has 0 amide bonds. The molecule has 3 rings (SSSR count). The monoisotopic (exact) mass is 262 g/mol. The maximum atomic E-state index is 6.30. The van der Waals surface area contributed by atoms with E-state index in [2.05, 4.69) is 25.0 Å². The number of aromatic amines is 1. The van der Waals surface area contributed by atoms with Crippen molar-refractivity contribution in [2.45, 2.75) is 20.3 Å². The van der Waals surface area contributed by atoms with Gasteiger partial charge >= 0.3 is 0 Å². The van der Waals surface area contributed by atoms with Gasteiger partial charge in [0.05, 0.1) is 12.0 Å². The van der Waals surface area contributed by atoms with Gasteiger partial charge in [0, 0.05) is 5.56 Å². The highest BCUT2D eigenvalue weighted by molar-refractivity contribution is 6.30. The molecule has 0 fully saturated rings. The van der Waals surface area contributed by atoms with Crippen LogP contribution >= 0.6 is 11.6 Å². The van der Waals surface area contributed by atoms with Crippen molar-refractivity contribution in [3.8, 4) is 5.82 Å². The van der Waals surface area contributed by atoms with Crippen molar-refractivity contribution in [1.82, 2.24) is 29.7 Å². The van der Waals surface area contributed by atoms with E-state index >= 15 is 0 Å². The summed E-state index contributed by atoms with van der Waals surface area (Å²) in [5.74, 6) is 0.616. The van der Waals surface area contributed by atoms with E-state index < -0.39 is 0 Å². The summed E-state index contributed by atoms with van der Waals surface area (Å²) in [7, 11) is 0. The molecule has 1 N–H and O–H groups in total. The summed E-state index contributed by atoms with van der Waals surface area (Å²) in [6.07, 6.45) is 3.86. The van der Waals surface area contributed by atoms with Crippen LogP contribution in [0, 0.1) is 6.92 Å². The number of aromatic nitrogens is 6. The molecule has 18 heavy (non-hydrogen) atoms. The number of rotatable bonds is 2. The molecule has 0 bridgehead atoms. The van der Waals surface area contributed by atoms with E-state index in [1.54, 1.807) is 11.0 Å². The number of halogens is 1. The van der Waals surface area contributed by atoms with Crippen LogP contribution in [0.2, 0.25) is 5.15 Å². The molecule has 0 aliphatic heterocycles. The molecule has 3 aromatic rings. The number of aryl methyl sites for hydroxylation is 1. The topological polar surface area (TPSA) is 72.3 Å². The van der Waals surface area contributed by atoms with Crippen molar-refractivity contribution in [3.63, 3.8) is 0 Å². The normalized spacial score (nSPS) is 11.3. The Balaban J connectivity index is 2.29. The van der Waals surface area contributed by atoms with Crippen LogP contribution in [-0.4, -0.2) is 29.7 Å². The van der Waals surface area contributed by atoms with Crippen LogP contribution in [0.3, 0.4) is 0 Å². The molecule has 0 radical (unpaired) electrons. The summed E-state index contributed by atoms with van der Waals surface area (Å²) in [6, 6.07) is 0. The first-order chi connectivity index (χ1) is 8.72. The van der Waals surface area contributed by atoms with E-state index in [1.807, 2.05) is 13.8 Å². The number of nitrogens with zero attached hydrogens (tertiary/aromatic N) is 5. The van der Waals surface area contributed by atoms with Crippen LogP contribution in [0.5, 0.6) is 0 Å². The van der Waals surface area contributed by atoms with E-state index in [1.165, 1.54) is 6.33 Å². The first-order valence-corrected chi connectivity index (χ1v) is 5.98. The molecule has 0 saturated carbocycles. The number of H-pyrrole nitrogens is 1. The molecule has 0 saturated heterocycles. The largest absolute Gasteiger partial charge is 0.340 e. The molecule has 0 spiro atoms. The smallest absolute Gasteiger partial charge is 0.184 e. The van der Waals surface area contributed by atoms with Gasteiger partial charge in [0.1, 0.15) is 17.0 Å². The SMILES string of the molecule is CCc1nn(-c2ncnc3nc[nH]c23)c(Cl)c1C. The average Bonchev–Trinajstić information content (AvgIpc) is 2.96. The Hall–Kier alpha value is -1.95. The third-order valence-electron chi connectivity index (χ3n) is 2.89. The van der Waals surface area contributed by atoms with Crippen LogP contribution in [0.15, 0.2) is 12.7 Å². The molecule has 0 unspecified atom stereocenters. The zero-order valence-electron chi connectivity index (χ0n) is 9.98. The quantitative estimate of drug-likeness (QED) is 0.767. The third kappa shape index (κ3) is 1.49. The van der Waals surface area contributed by atoms with E-state index in [9.17, 15) is 0 Å². The molecule has 0 aromatic carbocycles. The third-order valence-corrected chi connectivity index (χ3v) is 3.33. The Morgan fingerprint density at radius 1 is 1.33 bits per heavy atom. The van der Waals surface area contributed by atoms with Crippen LogP contribution in [-0.2, 0) is 6.42 Å². The minimum atomic E-state index is 0.571. The fraction of sp³-hybridized carbons (Fsp3) is 0.273. The van der Waals surface area contributed by atoms with E-state index in [0.29, 0.717) is 16.6 Å². The van der Waals surface area contributed by atoms with Crippen molar-refractivity contribution in [2.75, 3.05) is 0 Å². The second kappa shape index (κ2) is 4.06. The van der Waals surface area contributed by atoms with Crippen molar-refractivity contribution >= 4 is 22.8 Å². The summed E-state index contributed by atoms with van der Waals surface area (Å²) >= 11 is 6.30. The average molecular weight is 263 g/mol. The number of nitrogens with one attached hydrogen (secondary N) is 1. The van der Waals surface area contributed by atoms with Gasteiger partial charge < -0.3 is 4.98 Å². The summed E-state index contributed by atoms with van der Waals surface area (Å²) in [5, 5.41) is 5.05. The Morgan fingerprint density at radius 2 is 2.17 bits per heavy atom. The van der Waals surface area contributed by atoms with Gasteiger partial charge in [-0.3, -0.25) is 0 Å². The molecular weight excluding hydrogens is 252 g/mol. The van der Waals surface area contributed by atoms with Crippen molar-refractivity contribution < 1.29 is 0 Å². The molecule has 0 aliphatic carbocycles. The Labute approximate surface area is 108 Å². The Bertz CT molecular complexity index is 713. The second-order valence-corrected chi connectivity index (χ2v) is 4.28. The maximum absolute atomic E-state index is 6.30. The molecule has 7 heteroatoms. The second-order valence-electron chi connectivity index (χ2n) is 3.93. The van der Waals surface area contributed by atoms with Gasteiger partial charge in [0.2, 0.25) is 0 Å². The van der Waals surface area contributed by atoms with Crippen molar-refractivity contribution in [1.29, 1.82) is 0 Å². The van der Waals surface area contributed by atoms with Crippen LogP contribution in [0.1, 0.15) is 18.2 Å². The lowest BCUT2D eigenvalue weighted by atomic mass is 10.2. The predicted octanol–water partition coefficient (Wildman–Crippen LogP) is 2.06. The van der Waals surface area contributed by atoms with Gasteiger partial charge in [0.15, 0.2) is 11.5 Å². The van der Waals surface area contributed by atoms with Crippen LogP contribution in [0.4, 0.5) is 0 Å². The fourth-order valence-corrected chi connectivity index (χ4v) is 2.13. The van der Waals surface area contributed by atoms with E-state index in [-0.39, 0.29) is 0 Å². The number of hydrogen-bond acceptors (Lipinski definition) is 4. The lowest BCUT2D eigenvalue weighted by molar-refractivity contribution is 0.818. The zero-order chi connectivity index (χ0) is 12.7. The molecule has 0 aliphatic rings. The first kappa shape index (κ1) is 11.2. The predicted molar refractivity (Wildman–Crippen MR) is 67.9 cm³/mol.